The zero-order valence-corrected chi connectivity index (χ0v) is 12.1. The lowest BCUT2D eigenvalue weighted by Gasteiger charge is -2.15. The number of benzene rings is 1. The molecule has 0 aliphatic rings. The minimum Gasteiger partial charge on any atom is -0.496 e. The molecule has 1 aromatic rings. The van der Waals surface area contributed by atoms with E-state index in [4.69, 9.17) is 21.1 Å². The third kappa shape index (κ3) is 4.96. The van der Waals surface area contributed by atoms with Gasteiger partial charge in [-0.25, -0.2) is 8.78 Å². The Morgan fingerprint density at radius 1 is 1.21 bits per heavy atom. The number of hydrogen-bond donors (Lipinski definition) is 0. The quantitative estimate of drug-likeness (QED) is 0.552. The second-order valence-electron chi connectivity index (χ2n) is 4.41. The van der Waals surface area contributed by atoms with Crippen molar-refractivity contribution in [2.24, 2.45) is 0 Å². The van der Waals surface area contributed by atoms with E-state index in [1.807, 2.05) is 26.0 Å². The first-order valence-electron chi connectivity index (χ1n) is 6.10. The molecule has 0 aromatic heterocycles. The maximum Gasteiger partial charge on any atom is 0.261 e. The molecular formula is C14H19ClF2O2. The molecule has 108 valence electrons. The van der Waals surface area contributed by atoms with Crippen LogP contribution in [0.2, 0.25) is 0 Å². The number of methoxy groups -OCH3 is 1. The molecule has 0 spiro atoms. The van der Waals surface area contributed by atoms with Gasteiger partial charge >= 0.3 is 0 Å². The van der Waals surface area contributed by atoms with Gasteiger partial charge in [0.2, 0.25) is 0 Å². The van der Waals surface area contributed by atoms with E-state index in [1.165, 1.54) is 0 Å². The van der Waals surface area contributed by atoms with E-state index in [1.54, 1.807) is 7.11 Å². The molecule has 5 heteroatoms. The normalized spacial score (nSPS) is 12.8. The Balaban J connectivity index is 2.60. The van der Waals surface area contributed by atoms with Gasteiger partial charge in [0.1, 0.15) is 12.4 Å². The van der Waals surface area contributed by atoms with Crippen molar-refractivity contribution in [2.45, 2.75) is 32.1 Å². The van der Waals surface area contributed by atoms with Crippen LogP contribution < -0.4 is 4.74 Å². The standard InChI is InChI=1S/C14H19ClF2O2/c1-9-6-11(7-10(2)14(9)18-3)12(15)4-5-19-8-13(16)17/h6-7,12-13H,4-5,8H2,1-3H3. The van der Waals surface area contributed by atoms with Crippen molar-refractivity contribution in [1.82, 2.24) is 0 Å². The van der Waals surface area contributed by atoms with E-state index >= 15 is 0 Å². The zero-order valence-electron chi connectivity index (χ0n) is 11.4. The van der Waals surface area contributed by atoms with Crippen LogP contribution in [0.4, 0.5) is 8.78 Å². The van der Waals surface area contributed by atoms with Crippen molar-refractivity contribution in [3.05, 3.63) is 28.8 Å². The van der Waals surface area contributed by atoms with Crippen LogP contribution in [0.5, 0.6) is 5.75 Å². The fraction of sp³-hybridized carbons (Fsp3) is 0.571. The lowest BCUT2D eigenvalue weighted by Crippen LogP contribution is -2.07. The Bertz CT molecular complexity index is 387. The second kappa shape index (κ2) is 7.65. The minimum absolute atomic E-state index is 0.225. The predicted octanol–water partition coefficient (Wildman–Crippen LogP) is 4.26. The first kappa shape index (κ1) is 16.2. The summed E-state index contributed by atoms with van der Waals surface area (Å²) in [5, 5.41) is -0.249. The molecule has 0 aliphatic carbocycles. The maximum absolute atomic E-state index is 11.9. The summed E-state index contributed by atoms with van der Waals surface area (Å²) in [7, 11) is 1.63. The van der Waals surface area contributed by atoms with Gasteiger partial charge in [-0.15, -0.1) is 11.6 Å². The van der Waals surface area contributed by atoms with Gasteiger partial charge in [-0.1, -0.05) is 12.1 Å². The molecule has 0 amide bonds. The van der Waals surface area contributed by atoms with Crippen LogP contribution in [0.25, 0.3) is 0 Å². The highest BCUT2D eigenvalue weighted by atomic mass is 35.5. The van der Waals surface area contributed by atoms with Crippen molar-refractivity contribution in [2.75, 3.05) is 20.3 Å². The lowest BCUT2D eigenvalue weighted by molar-refractivity contribution is 0.0165. The molecule has 1 rings (SSSR count). The molecule has 2 nitrogen and oxygen atoms in total. The largest absolute Gasteiger partial charge is 0.496 e. The summed E-state index contributed by atoms with van der Waals surface area (Å²) in [5.41, 5.74) is 2.98. The molecule has 0 heterocycles. The SMILES string of the molecule is COc1c(C)cc(C(Cl)CCOCC(F)F)cc1C. The minimum atomic E-state index is -2.43. The molecule has 0 radical (unpaired) electrons. The Morgan fingerprint density at radius 3 is 2.26 bits per heavy atom. The lowest BCUT2D eigenvalue weighted by atomic mass is 10.0. The molecule has 19 heavy (non-hydrogen) atoms. The predicted molar refractivity (Wildman–Crippen MR) is 72.5 cm³/mol. The smallest absolute Gasteiger partial charge is 0.261 e. The Morgan fingerprint density at radius 2 is 1.79 bits per heavy atom. The monoisotopic (exact) mass is 292 g/mol. The number of hydrogen-bond acceptors (Lipinski definition) is 2. The van der Waals surface area contributed by atoms with Crippen LogP contribution in [0.3, 0.4) is 0 Å². The second-order valence-corrected chi connectivity index (χ2v) is 4.94. The van der Waals surface area contributed by atoms with Crippen molar-refractivity contribution < 1.29 is 18.3 Å². The molecule has 0 saturated heterocycles. The number of halogens is 3. The Hall–Kier alpha value is -0.870. The van der Waals surface area contributed by atoms with Gasteiger partial charge in [0.05, 0.1) is 12.5 Å². The first-order chi connectivity index (χ1) is 8.95. The van der Waals surface area contributed by atoms with Gasteiger partial charge in [0.25, 0.3) is 6.43 Å². The third-order valence-corrected chi connectivity index (χ3v) is 3.28. The Labute approximate surface area is 117 Å². The average Bonchev–Trinajstić information content (AvgIpc) is 2.33. The van der Waals surface area contributed by atoms with Crippen molar-refractivity contribution >= 4 is 11.6 Å². The summed E-state index contributed by atoms with van der Waals surface area (Å²) in [6, 6.07) is 3.91. The average molecular weight is 293 g/mol. The highest BCUT2D eigenvalue weighted by molar-refractivity contribution is 6.20. The zero-order chi connectivity index (χ0) is 14.4. The maximum atomic E-state index is 11.9. The summed E-state index contributed by atoms with van der Waals surface area (Å²) >= 11 is 6.25. The van der Waals surface area contributed by atoms with Gasteiger partial charge in [-0.3, -0.25) is 0 Å². The van der Waals surface area contributed by atoms with Crippen molar-refractivity contribution in [1.29, 1.82) is 0 Å². The highest BCUT2D eigenvalue weighted by Gasteiger charge is 2.13. The van der Waals surface area contributed by atoms with E-state index in [-0.39, 0.29) is 12.0 Å². The number of rotatable bonds is 7. The summed E-state index contributed by atoms with van der Waals surface area (Å²) in [5.74, 6) is 0.849. The van der Waals surface area contributed by atoms with Crippen LogP contribution in [-0.4, -0.2) is 26.7 Å². The molecule has 0 fully saturated rings. The van der Waals surface area contributed by atoms with Gasteiger partial charge in [0, 0.05) is 6.61 Å². The van der Waals surface area contributed by atoms with Crippen LogP contribution >= 0.6 is 11.6 Å². The van der Waals surface area contributed by atoms with Gasteiger partial charge in [0.15, 0.2) is 0 Å². The summed E-state index contributed by atoms with van der Waals surface area (Å²) in [6.07, 6.45) is -1.93. The Kier molecular flexibility index (Phi) is 6.52. The van der Waals surface area contributed by atoms with E-state index < -0.39 is 13.0 Å². The molecule has 0 aliphatic heterocycles. The fourth-order valence-corrected chi connectivity index (χ4v) is 2.23. The van der Waals surface area contributed by atoms with E-state index in [2.05, 4.69) is 0 Å². The van der Waals surface area contributed by atoms with Crippen LogP contribution in [-0.2, 0) is 4.74 Å². The van der Waals surface area contributed by atoms with E-state index in [0.717, 1.165) is 22.4 Å². The molecular weight excluding hydrogens is 274 g/mol. The fourth-order valence-electron chi connectivity index (χ4n) is 2.01. The van der Waals surface area contributed by atoms with Crippen molar-refractivity contribution in [3.63, 3.8) is 0 Å². The van der Waals surface area contributed by atoms with Gasteiger partial charge < -0.3 is 9.47 Å². The van der Waals surface area contributed by atoms with E-state index in [0.29, 0.717) is 6.42 Å². The summed E-state index contributed by atoms with van der Waals surface area (Å²) < 4.78 is 33.9. The highest BCUT2D eigenvalue weighted by Crippen LogP contribution is 2.31. The first-order valence-corrected chi connectivity index (χ1v) is 6.54. The molecule has 1 atom stereocenters. The molecule has 1 aromatic carbocycles. The van der Waals surface area contributed by atoms with Crippen LogP contribution in [0.1, 0.15) is 28.5 Å². The number of aryl methyl sites for hydroxylation is 2. The molecule has 0 N–H and O–H groups in total. The molecule has 0 saturated carbocycles. The van der Waals surface area contributed by atoms with Crippen LogP contribution in [0.15, 0.2) is 12.1 Å². The van der Waals surface area contributed by atoms with E-state index in [9.17, 15) is 8.78 Å². The number of alkyl halides is 3. The number of ether oxygens (including phenoxy) is 2. The summed E-state index contributed by atoms with van der Waals surface area (Å²) in [6.45, 7) is 3.59. The molecule has 0 bridgehead atoms. The van der Waals surface area contributed by atoms with Gasteiger partial charge in [-0.05, 0) is 37.0 Å². The topological polar surface area (TPSA) is 18.5 Å². The van der Waals surface area contributed by atoms with Gasteiger partial charge in [-0.2, -0.15) is 0 Å². The third-order valence-electron chi connectivity index (χ3n) is 2.81. The van der Waals surface area contributed by atoms with Crippen molar-refractivity contribution in [3.8, 4) is 5.75 Å². The van der Waals surface area contributed by atoms with Crippen LogP contribution in [0, 0.1) is 13.8 Å². The summed E-state index contributed by atoms with van der Waals surface area (Å²) in [4.78, 5) is 0. The molecule has 1 unspecified atom stereocenters.